The molecule has 2 amide bonds. The smallest absolute Gasteiger partial charge is 0.321 e. The lowest BCUT2D eigenvalue weighted by molar-refractivity contribution is 0.247. The number of benzene rings is 4. The van der Waals surface area contributed by atoms with Crippen molar-refractivity contribution in [2.45, 2.75) is 18.8 Å². The number of ether oxygens (including phenoxy) is 1. The van der Waals surface area contributed by atoms with Crippen LogP contribution in [0.3, 0.4) is 0 Å². The maximum atomic E-state index is 14.1. The highest BCUT2D eigenvalue weighted by molar-refractivity contribution is 5.91. The largest absolute Gasteiger partial charge is 0.507 e. The Balaban J connectivity index is 1.41. The minimum Gasteiger partial charge on any atom is -0.507 e. The number of aromatic nitrogens is 2. The number of nitrogens with one attached hydrogen (secondary N) is 2. The van der Waals surface area contributed by atoms with E-state index in [9.17, 15) is 14.7 Å². The lowest BCUT2D eigenvalue weighted by Crippen LogP contribution is -2.37. The molecular formula is C37H36N4O4. The summed E-state index contributed by atoms with van der Waals surface area (Å²) in [6, 6.07) is 32.4. The van der Waals surface area contributed by atoms with E-state index in [2.05, 4.69) is 16.4 Å². The van der Waals surface area contributed by atoms with E-state index in [1.165, 1.54) is 0 Å². The highest BCUT2D eigenvalue weighted by atomic mass is 16.5. The van der Waals surface area contributed by atoms with Crippen molar-refractivity contribution >= 4 is 33.5 Å². The summed E-state index contributed by atoms with van der Waals surface area (Å²) in [7, 11) is 5.10. The second-order valence-corrected chi connectivity index (χ2v) is 11.1. The molecule has 0 radical (unpaired) electrons. The number of pyridine rings is 1. The molecule has 6 rings (SSSR count). The zero-order chi connectivity index (χ0) is 31.5. The number of methoxy groups -OCH3 is 1. The number of amides is 2. The van der Waals surface area contributed by atoms with Crippen LogP contribution in [0.1, 0.15) is 34.7 Å². The summed E-state index contributed by atoms with van der Waals surface area (Å²) in [6.07, 6.45) is 1.30. The Hall–Kier alpha value is -5.50. The van der Waals surface area contributed by atoms with Gasteiger partial charge in [-0.1, -0.05) is 60.7 Å². The van der Waals surface area contributed by atoms with E-state index in [4.69, 9.17) is 4.74 Å². The van der Waals surface area contributed by atoms with Crippen molar-refractivity contribution in [1.29, 1.82) is 0 Å². The number of hydrogen-bond acceptors (Lipinski definition) is 4. The summed E-state index contributed by atoms with van der Waals surface area (Å²) in [5, 5.41) is 16.4. The summed E-state index contributed by atoms with van der Waals surface area (Å²) in [4.78, 5) is 32.1. The van der Waals surface area contributed by atoms with Gasteiger partial charge in [-0.25, -0.2) is 4.79 Å². The third-order valence-electron chi connectivity index (χ3n) is 8.51. The molecule has 0 bridgehead atoms. The lowest BCUT2D eigenvalue weighted by atomic mass is 9.85. The minimum absolute atomic E-state index is 0.0321. The van der Waals surface area contributed by atoms with Gasteiger partial charge in [0.05, 0.1) is 24.1 Å². The summed E-state index contributed by atoms with van der Waals surface area (Å²) in [5.74, 6) is 0.0666. The number of rotatable bonds is 9. The number of aromatic amines is 1. The van der Waals surface area contributed by atoms with Gasteiger partial charge in [-0.3, -0.25) is 9.69 Å². The van der Waals surface area contributed by atoms with Gasteiger partial charge in [0.2, 0.25) is 0 Å². The first-order chi connectivity index (χ1) is 21.9. The van der Waals surface area contributed by atoms with Crippen LogP contribution < -0.4 is 20.5 Å². The summed E-state index contributed by atoms with van der Waals surface area (Å²) >= 11 is 0. The molecule has 228 valence electrons. The van der Waals surface area contributed by atoms with Crippen LogP contribution in [0, 0.1) is 0 Å². The third-order valence-corrected chi connectivity index (χ3v) is 8.51. The Morgan fingerprint density at radius 3 is 2.33 bits per heavy atom. The fraction of sp³-hybridized carbons (Fsp3) is 0.189. The van der Waals surface area contributed by atoms with E-state index in [1.807, 2.05) is 97.1 Å². The van der Waals surface area contributed by atoms with Gasteiger partial charge >= 0.3 is 6.03 Å². The molecule has 0 aliphatic carbocycles. The number of hydrogen-bond donors (Lipinski definition) is 3. The van der Waals surface area contributed by atoms with Gasteiger partial charge < -0.3 is 24.7 Å². The van der Waals surface area contributed by atoms with Crippen LogP contribution in [-0.2, 0) is 13.5 Å². The number of aryl methyl sites for hydroxylation is 2. The molecule has 8 heteroatoms. The van der Waals surface area contributed by atoms with Crippen LogP contribution in [0.4, 0.5) is 10.5 Å². The van der Waals surface area contributed by atoms with Gasteiger partial charge in [-0.2, -0.15) is 0 Å². The molecule has 0 aliphatic rings. The van der Waals surface area contributed by atoms with Gasteiger partial charge in [-0.15, -0.1) is 0 Å². The number of carbonyl (C=O) groups is 1. The number of H-pyrrole nitrogens is 1. The highest BCUT2D eigenvalue weighted by Crippen LogP contribution is 2.41. The van der Waals surface area contributed by atoms with Crippen LogP contribution in [0.5, 0.6) is 11.5 Å². The van der Waals surface area contributed by atoms with E-state index in [0.717, 1.165) is 33.4 Å². The van der Waals surface area contributed by atoms with Crippen molar-refractivity contribution in [3.63, 3.8) is 0 Å². The van der Waals surface area contributed by atoms with Crippen LogP contribution >= 0.6 is 0 Å². The lowest BCUT2D eigenvalue weighted by Gasteiger charge is -2.22. The zero-order valence-corrected chi connectivity index (χ0v) is 25.6. The van der Waals surface area contributed by atoms with Crippen LogP contribution in [0.2, 0.25) is 0 Å². The molecule has 2 aromatic heterocycles. The molecule has 4 aromatic carbocycles. The van der Waals surface area contributed by atoms with Crippen molar-refractivity contribution in [3.05, 3.63) is 136 Å². The number of para-hydroxylation sites is 3. The molecule has 45 heavy (non-hydrogen) atoms. The van der Waals surface area contributed by atoms with E-state index in [0.29, 0.717) is 41.6 Å². The molecule has 6 aromatic rings. The maximum Gasteiger partial charge on any atom is 0.321 e. The van der Waals surface area contributed by atoms with E-state index < -0.39 is 5.92 Å². The average molecular weight is 601 g/mol. The van der Waals surface area contributed by atoms with Crippen molar-refractivity contribution < 1.29 is 14.6 Å². The Morgan fingerprint density at radius 2 is 1.60 bits per heavy atom. The summed E-state index contributed by atoms with van der Waals surface area (Å²) in [5.41, 5.74) is 5.14. The molecule has 0 saturated heterocycles. The quantitative estimate of drug-likeness (QED) is 0.161. The summed E-state index contributed by atoms with van der Waals surface area (Å²) in [6.45, 7) is 0.463. The first-order valence-electron chi connectivity index (χ1n) is 15.0. The van der Waals surface area contributed by atoms with E-state index >= 15 is 0 Å². The Kier molecular flexibility index (Phi) is 8.29. The predicted octanol–water partition coefficient (Wildman–Crippen LogP) is 6.69. The standard InChI is InChI=1S/C37H36N4O4/c1-40(25-12-5-4-6-13-25)37(44)38-23-11-16-28-27-14-7-9-17-30(27)39-34(28)32(24-19-21-26(45-3)22-20-24)33-35(42)29-15-8-10-18-31(29)41(2)36(33)43/h4-10,12-15,17-22,32,39,42H,11,16,23H2,1-3H3,(H,38,44). The van der Waals surface area contributed by atoms with Gasteiger partial charge in [0.1, 0.15) is 11.5 Å². The number of anilines is 1. The van der Waals surface area contributed by atoms with E-state index in [1.54, 1.807) is 30.7 Å². The molecule has 0 saturated carbocycles. The van der Waals surface area contributed by atoms with Crippen molar-refractivity contribution in [2.24, 2.45) is 7.05 Å². The minimum atomic E-state index is -0.597. The molecule has 0 spiro atoms. The fourth-order valence-electron chi connectivity index (χ4n) is 6.12. The van der Waals surface area contributed by atoms with Crippen LogP contribution in [0.15, 0.2) is 108 Å². The Bertz CT molecular complexity index is 2030. The topological polar surface area (TPSA) is 99.6 Å². The molecular weight excluding hydrogens is 564 g/mol. The monoisotopic (exact) mass is 600 g/mol. The molecule has 1 atom stereocenters. The molecule has 3 N–H and O–H groups in total. The number of nitrogens with zero attached hydrogens (tertiary/aromatic N) is 2. The molecule has 0 fully saturated rings. The summed E-state index contributed by atoms with van der Waals surface area (Å²) < 4.78 is 7.02. The van der Waals surface area contributed by atoms with Crippen molar-refractivity contribution in [3.8, 4) is 11.5 Å². The second kappa shape index (κ2) is 12.6. The third kappa shape index (κ3) is 5.62. The zero-order valence-electron chi connectivity index (χ0n) is 25.6. The highest BCUT2D eigenvalue weighted by Gasteiger charge is 2.30. The molecule has 0 aliphatic heterocycles. The Labute approximate surface area is 261 Å². The first kappa shape index (κ1) is 29.6. The molecule has 2 heterocycles. The normalized spacial score (nSPS) is 11.9. The predicted molar refractivity (Wildman–Crippen MR) is 180 cm³/mol. The van der Waals surface area contributed by atoms with Crippen molar-refractivity contribution in [2.75, 3.05) is 25.6 Å². The molecule has 8 nitrogen and oxygen atoms in total. The SMILES string of the molecule is COc1ccc(C(c2[nH]c3ccccc3c2CCCNC(=O)N(C)c2ccccc2)c2c(O)c3ccccc3n(C)c2=O)cc1. The van der Waals surface area contributed by atoms with Gasteiger partial charge in [0.15, 0.2) is 0 Å². The molecule has 1 unspecified atom stereocenters. The van der Waals surface area contributed by atoms with Crippen LogP contribution in [0.25, 0.3) is 21.8 Å². The average Bonchev–Trinajstić information content (AvgIpc) is 3.45. The first-order valence-corrected chi connectivity index (χ1v) is 15.0. The number of urea groups is 1. The van der Waals surface area contributed by atoms with E-state index in [-0.39, 0.29) is 17.3 Å². The van der Waals surface area contributed by atoms with Gasteiger partial charge in [0, 0.05) is 48.3 Å². The number of carbonyl (C=O) groups excluding carboxylic acids is 1. The fourth-order valence-corrected chi connectivity index (χ4v) is 6.12. The van der Waals surface area contributed by atoms with Gasteiger partial charge in [0.25, 0.3) is 5.56 Å². The maximum absolute atomic E-state index is 14.1. The Morgan fingerprint density at radius 1 is 0.933 bits per heavy atom. The van der Waals surface area contributed by atoms with Crippen molar-refractivity contribution in [1.82, 2.24) is 14.9 Å². The number of fused-ring (bicyclic) bond motifs is 2. The second-order valence-electron chi connectivity index (χ2n) is 11.1. The number of aromatic hydroxyl groups is 1. The van der Waals surface area contributed by atoms with Gasteiger partial charge in [-0.05, 0) is 66.4 Å². The van der Waals surface area contributed by atoms with Crippen LogP contribution in [-0.4, -0.2) is 41.4 Å².